The summed E-state index contributed by atoms with van der Waals surface area (Å²) in [6.07, 6.45) is 0.394. The Bertz CT molecular complexity index is 1220. The first-order valence-electron chi connectivity index (χ1n) is 10.0. The number of ether oxygens (including phenoxy) is 1. The molecule has 0 bridgehead atoms. The maximum atomic E-state index is 12.7. The first-order valence-corrected chi connectivity index (χ1v) is 12.6. The van der Waals surface area contributed by atoms with Crippen molar-refractivity contribution in [1.82, 2.24) is 5.32 Å². The van der Waals surface area contributed by atoms with Crippen LogP contribution in [0, 0.1) is 0 Å². The molecule has 0 spiro atoms. The summed E-state index contributed by atoms with van der Waals surface area (Å²) in [6.45, 7) is 0.00335. The third-order valence-corrected chi connectivity index (χ3v) is 7.70. The van der Waals surface area contributed by atoms with E-state index >= 15 is 0 Å². The van der Waals surface area contributed by atoms with Gasteiger partial charge in [-0.25, -0.2) is 8.42 Å². The van der Waals surface area contributed by atoms with Gasteiger partial charge in [0.1, 0.15) is 12.4 Å². The number of hydrogen-bond donors (Lipinski definition) is 1. The molecule has 164 valence electrons. The van der Waals surface area contributed by atoms with Crippen LogP contribution in [0.5, 0.6) is 5.75 Å². The van der Waals surface area contributed by atoms with Crippen molar-refractivity contribution in [3.05, 3.63) is 84.4 Å². The molecule has 3 aromatic rings. The predicted octanol–water partition coefficient (Wildman–Crippen LogP) is 4.10. The first-order chi connectivity index (χ1) is 15.4. The van der Waals surface area contributed by atoms with Gasteiger partial charge in [0.15, 0.2) is 9.84 Å². The summed E-state index contributed by atoms with van der Waals surface area (Å²) in [5, 5.41) is 1.47. The smallest absolute Gasteiger partial charge is 0.286 e. The summed E-state index contributed by atoms with van der Waals surface area (Å²) in [5.41, 5.74) is 2.81. The second-order valence-corrected chi connectivity index (χ2v) is 10.6. The molecular formula is C24H21NO5S2. The van der Waals surface area contributed by atoms with E-state index in [1.807, 2.05) is 36.4 Å². The fourth-order valence-corrected chi connectivity index (χ4v) is 5.33. The van der Waals surface area contributed by atoms with Gasteiger partial charge in [0.05, 0.1) is 15.9 Å². The van der Waals surface area contributed by atoms with Gasteiger partial charge in [0.2, 0.25) is 5.91 Å². The number of nitrogens with one attached hydrogen (secondary N) is 1. The van der Waals surface area contributed by atoms with Gasteiger partial charge in [-0.15, -0.1) is 0 Å². The Morgan fingerprint density at radius 1 is 0.875 bits per heavy atom. The van der Waals surface area contributed by atoms with Gasteiger partial charge in [-0.05, 0) is 47.4 Å². The highest BCUT2D eigenvalue weighted by molar-refractivity contribution is 8.15. The van der Waals surface area contributed by atoms with Crippen LogP contribution in [-0.4, -0.2) is 37.2 Å². The molecule has 1 saturated heterocycles. The van der Waals surface area contributed by atoms with Gasteiger partial charge in [0, 0.05) is 0 Å². The van der Waals surface area contributed by atoms with Crippen molar-refractivity contribution in [3.63, 3.8) is 0 Å². The molecule has 32 heavy (non-hydrogen) atoms. The fraction of sp³-hybridized carbons (Fsp3) is 0.167. The lowest BCUT2D eigenvalue weighted by Crippen LogP contribution is -2.25. The Hall–Kier alpha value is -3.10. The number of hydrogen-bond acceptors (Lipinski definition) is 6. The van der Waals surface area contributed by atoms with E-state index in [0.29, 0.717) is 12.2 Å². The second-order valence-electron chi connectivity index (χ2n) is 7.29. The van der Waals surface area contributed by atoms with E-state index in [9.17, 15) is 18.0 Å². The Kier molecular flexibility index (Phi) is 6.62. The summed E-state index contributed by atoms with van der Waals surface area (Å²) in [7, 11) is -3.49. The van der Waals surface area contributed by atoms with Crippen molar-refractivity contribution in [2.45, 2.75) is 16.6 Å². The minimum atomic E-state index is -3.49. The molecule has 0 radical (unpaired) electrons. The van der Waals surface area contributed by atoms with E-state index in [4.69, 9.17) is 4.74 Å². The average Bonchev–Trinajstić information content (AvgIpc) is 3.11. The minimum Gasteiger partial charge on any atom is -0.493 e. The molecule has 8 heteroatoms. The molecule has 1 aliphatic heterocycles. The highest BCUT2D eigenvalue weighted by atomic mass is 32.2. The normalized spacial score (nSPS) is 16.1. The lowest BCUT2D eigenvalue weighted by Gasteiger charge is -2.10. The molecule has 1 unspecified atom stereocenters. The molecule has 1 heterocycles. The number of imide groups is 1. The van der Waals surface area contributed by atoms with Gasteiger partial charge < -0.3 is 4.74 Å². The monoisotopic (exact) mass is 467 g/mol. The van der Waals surface area contributed by atoms with E-state index in [0.717, 1.165) is 28.5 Å². The highest BCUT2D eigenvalue weighted by Gasteiger charge is 2.31. The summed E-state index contributed by atoms with van der Waals surface area (Å²) >= 11 is 0.973. The molecule has 1 fully saturated rings. The van der Waals surface area contributed by atoms with E-state index in [1.54, 1.807) is 42.5 Å². The molecular weight excluding hydrogens is 446 g/mol. The topological polar surface area (TPSA) is 89.5 Å². The quantitative estimate of drug-likeness (QED) is 0.537. The largest absolute Gasteiger partial charge is 0.493 e. The zero-order chi connectivity index (χ0) is 22.6. The van der Waals surface area contributed by atoms with Crippen molar-refractivity contribution in [2.75, 3.05) is 12.4 Å². The summed E-state index contributed by atoms with van der Waals surface area (Å²) in [4.78, 5) is 23.3. The second kappa shape index (κ2) is 9.58. The molecule has 0 aromatic heterocycles. The zero-order valence-electron chi connectivity index (χ0n) is 17.1. The summed E-state index contributed by atoms with van der Waals surface area (Å²) in [6, 6.07) is 23.7. The van der Waals surface area contributed by atoms with E-state index in [2.05, 4.69) is 5.32 Å². The number of rotatable bonds is 8. The third kappa shape index (κ3) is 5.38. The van der Waals surface area contributed by atoms with Crippen molar-refractivity contribution >= 4 is 32.7 Å². The molecule has 2 amide bonds. The van der Waals surface area contributed by atoms with Crippen LogP contribution in [0.15, 0.2) is 83.8 Å². The third-order valence-electron chi connectivity index (χ3n) is 5.03. The fourth-order valence-electron chi connectivity index (χ4n) is 3.38. The van der Waals surface area contributed by atoms with E-state index < -0.39 is 15.1 Å². The Morgan fingerprint density at radius 3 is 2.28 bits per heavy atom. The maximum Gasteiger partial charge on any atom is 0.286 e. The number of benzene rings is 3. The summed E-state index contributed by atoms with van der Waals surface area (Å²) < 4.78 is 31.0. The van der Waals surface area contributed by atoms with Crippen molar-refractivity contribution in [1.29, 1.82) is 0 Å². The molecule has 1 aliphatic rings. The van der Waals surface area contributed by atoms with E-state index in [1.165, 1.54) is 0 Å². The van der Waals surface area contributed by atoms with Gasteiger partial charge in [0.25, 0.3) is 5.24 Å². The number of carbonyl (C=O) groups is 2. The van der Waals surface area contributed by atoms with E-state index in [-0.39, 0.29) is 28.4 Å². The number of amides is 2. The maximum absolute atomic E-state index is 12.7. The SMILES string of the molecule is O=C1NC(=O)C(Cc2cccc(OCCS(=O)(=O)c3ccc(-c4ccccc4)cc3)c2)S1. The van der Waals surface area contributed by atoms with Gasteiger partial charge in [-0.3, -0.25) is 14.9 Å². The molecule has 4 rings (SSSR count). The predicted molar refractivity (Wildman–Crippen MR) is 124 cm³/mol. The van der Waals surface area contributed by atoms with Crippen molar-refractivity contribution < 1.29 is 22.7 Å². The number of carbonyl (C=O) groups excluding carboxylic acids is 2. The number of sulfone groups is 1. The van der Waals surface area contributed by atoms with Crippen LogP contribution in [0.1, 0.15) is 5.56 Å². The molecule has 1 N–H and O–H groups in total. The lowest BCUT2D eigenvalue weighted by molar-refractivity contribution is -0.118. The van der Waals surface area contributed by atoms with Crippen LogP contribution < -0.4 is 10.1 Å². The van der Waals surface area contributed by atoms with Gasteiger partial charge in [-0.1, -0.05) is 66.4 Å². The van der Waals surface area contributed by atoms with Crippen LogP contribution >= 0.6 is 11.8 Å². The van der Waals surface area contributed by atoms with Gasteiger partial charge in [-0.2, -0.15) is 0 Å². The van der Waals surface area contributed by atoms with Crippen LogP contribution in [0.2, 0.25) is 0 Å². The number of thioether (sulfide) groups is 1. The Balaban J connectivity index is 1.34. The minimum absolute atomic E-state index is 0.00335. The van der Waals surface area contributed by atoms with Crippen LogP contribution in [0.3, 0.4) is 0 Å². The lowest BCUT2D eigenvalue weighted by atomic mass is 10.1. The average molecular weight is 468 g/mol. The Labute approximate surface area is 190 Å². The Morgan fingerprint density at radius 2 is 1.59 bits per heavy atom. The molecule has 6 nitrogen and oxygen atoms in total. The van der Waals surface area contributed by atoms with Crippen LogP contribution in [0.4, 0.5) is 4.79 Å². The summed E-state index contributed by atoms with van der Waals surface area (Å²) in [5.74, 6) is 0.0691. The van der Waals surface area contributed by atoms with Crippen molar-refractivity contribution in [3.8, 4) is 16.9 Å². The molecule has 1 atom stereocenters. The van der Waals surface area contributed by atoms with Crippen LogP contribution in [0.25, 0.3) is 11.1 Å². The van der Waals surface area contributed by atoms with Gasteiger partial charge >= 0.3 is 0 Å². The molecule has 0 saturated carbocycles. The van der Waals surface area contributed by atoms with Crippen LogP contribution in [-0.2, 0) is 21.1 Å². The van der Waals surface area contributed by atoms with Crippen molar-refractivity contribution in [2.24, 2.45) is 0 Å². The standard InChI is InChI=1S/C24H21NO5S2/c26-23-22(31-24(27)25-23)16-17-5-4-8-20(15-17)30-13-14-32(28,29)21-11-9-19(10-12-21)18-6-2-1-3-7-18/h1-12,15,22H,13-14,16H2,(H,25,26,27). The highest BCUT2D eigenvalue weighted by Crippen LogP contribution is 2.25. The zero-order valence-corrected chi connectivity index (χ0v) is 18.7. The molecule has 3 aromatic carbocycles. The first kappa shape index (κ1) is 22.1. The molecule has 0 aliphatic carbocycles.